The molecule has 0 bridgehead atoms. The second-order valence-electron chi connectivity index (χ2n) is 6.62. The van der Waals surface area contributed by atoms with Crippen LogP contribution in [0.5, 0.6) is 0 Å². The van der Waals surface area contributed by atoms with Gasteiger partial charge < -0.3 is 4.90 Å². The number of aromatic nitrogens is 4. The van der Waals surface area contributed by atoms with Crippen LogP contribution in [0.4, 0.5) is 27.8 Å². The van der Waals surface area contributed by atoms with Crippen LogP contribution < -0.4 is 4.90 Å². The molecule has 3 aromatic rings. The van der Waals surface area contributed by atoms with Crippen molar-refractivity contribution in [3.8, 4) is 0 Å². The molecule has 1 aliphatic heterocycles. The van der Waals surface area contributed by atoms with Crippen LogP contribution >= 0.6 is 0 Å². The quantitative estimate of drug-likeness (QED) is 0.605. The molecule has 2 aromatic heterocycles. The summed E-state index contributed by atoms with van der Waals surface area (Å²) >= 11 is 0. The summed E-state index contributed by atoms with van der Waals surface area (Å²) in [6.45, 7) is 0.692. The molecule has 0 radical (unpaired) electrons. The number of halogens is 5. The van der Waals surface area contributed by atoms with E-state index in [1.165, 1.54) is 0 Å². The number of benzene rings is 1. The molecule has 0 amide bonds. The fraction of sp³-hybridized carbons (Fsp3) is 0.389. The topological polar surface area (TPSA) is 46.8 Å². The van der Waals surface area contributed by atoms with Crippen molar-refractivity contribution in [3.63, 3.8) is 0 Å². The van der Waals surface area contributed by atoms with Crippen LogP contribution in [0.1, 0.15) is 36.8 Å². The van der Waals surface area contributed by atoms with Crippen LogP contribution in [0, 0.1) is 0 Å². The Morgan fingerprint density at radius 1 is 1.07 bits per heavy atom. The number of para-hydroxylation sites is 1. The SMILES string of the molecule is FC(F)c1nc(N2CCC[C@@H](n3nccc3C(F)(F)F)C2)c2ccccc2n1. The average molecular weight is 397 g/mol. The van der Waals surface area contributed by atoms with Crippen LogP contribution in [0.2, 0.25) is 0 Å². The highest BCUT2D eigenvalue weighted by Gasteiger charge is 2.37. The first kappa shape index (κ1) is 18.6. The summed E-state index contributed by atoms with van der Waals surface area (Å²) in [6, 6.07) is 7.17. The van der Waals surface area contributed by atoms with Gasteiger partial charge in [-0.15, -0.1) is 0 Å². The molecule has 148 valence electrons. The third-order valence-electron chi connectivity index (χ3n) is 4.80. The van der Waals surface area contributed by atoms with Crippen molar-refractivity contribution in [1.29, 1.82) is 0 Å². The molecule has 0 spiro atoms. The first-order chi connectivity index (χ1) is 13.3. The molecule has 5 nitrogen and oxygen atoms in total. The number of anilines is 1. The second kappa shape index (κ2) is 6.99. The van der Waals surface area contributed by atoms with Gasteiger partial charge in [0.25, 0.3) is 6.43 Å². The zero-order valence-corrected chi connectivity index (χ0v) is 14.6. The van der Waals surface area contributed by atoms with Crippen molar-refractivity contribution < 1.29 is 22.0 Å². The fourth-order valence-electron chi connectivity index (χ4n) is 3.59. The number of fused-ring (bicyclic) bond motifs is 1. The molecule has 0 aliphatic carbocycles. The van der Waals surface area contributed by atoms with E-state index in [2.05, 4.69) is 15.1 Å². The Labute approximate surface area is 156 Å². The number of hydrogen-bond acceptors (Lipinski definition) is 4. The van der Waals surface area contributed by atoms with E-state index in [0.29, 0.717) is 36.1 Å². The number of rotatable bonds is 3. The summed E-state index contributed by atoms with van der Waals surface area (Å²) < 4.78 is 67.1. The van der Waals surface area contributed by atoms with Crippen molar-refractivity contribution in [2.24, 2.45) is 0 Å². The highest BCUT2D eigenvalue weighted by Crippen LogP contribution is 2.35. The highest BCUT2D eigenvalue weighted by atomic mass is 19.4. The Hall–Kier alpha value is -2.78. The molecule has 10 heteroatoms. The maximum absolute atomic E-state index is 13.2. The van der Waals surface area contributed by atoms with E-state index < -0.39 is 30.2 Å². The van der Waals surface area contributed by atoms with E-state index in [4.69, 9.17) is 0 Å². The Kier molecular flexibility index (Phi) is 4.64. The predicted octanol–water partition coefficient (Wildman–Crippen LogP) is 4.62. The molecular weight excluding hydrogens is 381 g/mol. The van der Waals surface area contributed by atoms with Gasteiger partial charge in [0.1, 0.15) is 11.5 Å². The molecule has 0 N–H and O–H groups in total. The van der Waals surface area contributed by atoms with E-state index in [0.717, 1.165) is 16.9 Å². The van der Waals surface area contributed by atoms with Gasteiger partial charge in [-0.1, -0.05) is 12.1 Å². The van der Waals surface area contributed by atoms with Crippen LogP contribution in [-0.2, 0) is 6.18 Å². The Morgan fingerprint density at radius 2 is 1.86 bits per heavy atom. The Balaban J connectivity index is 1.72. The first-order valence-electron chi connectivity index (χ1n) is 8.75. The van der Waals surface area contributed by atoms with Crippen LogP contribution in [0.25, 0.3) is 10.9 Å². The van der Waals surface area contributed by atoms with Crippen molar-refractivity contribution in [1.82, 2.24) is 19.7 Å². The van der Waals surface area contributed by atoms with Gasteiger partial charge in [0.15, 0.2) is 5.82 Å². The normalized spacial score (nSPS) is 18.2. The zero-order valence-electron chi connectivity index (χ0n) is 14.6. The third kappa shape index (κ3) is 3.38. The lowest BCUT2D eigenvalue weighted by molar-refractivity contribution is -0.145. The molecule has 1 fully saturated rings. The summed E-state index contributed by atoms with van der Waals surface area (Å²) in [5, 5.41) is 4.45. The second-order valence-corrected chi connectivity index (χ2v) is 6.62. The molecule has 0 saturated carbocycles. The van der Waals surface area contributed by atoms with Crippen LogP contribution in [0.15, 0.2) is 36.5 Å². The Morgan fingerprint density at radius 3 is 2.61 bits per heavy atom. The first-order valence-corrected chi connectivity index (χ1v) is 8.75. The molecule has 1 atom stereocenters. The van der Waals surface area contributed by atoms with Gasteiger partial charge in [-0.05, 0) is 31.0 Å². The molecule has 4 rings (SSSR count). The van der Waals surface area contributed by atoms with Gasteiger partial charge >= 0.3 is 6.18 Å². The minimum atomic E-state index is -4.51. The van der Waals surface area contributed by atoms with Crippen molar-refractivity contribution in [2.75, 3.05) is 18.0 Å². The largest absolute Gasteiger partial charge is 0.433 e. The van der Waals surface area contributed by atoms with Gasteiger partial charge in [0.2, 0.25) is 0 Å². The lowest BCUT2D eigenvalue weighted by Crippen LogP contribution is -2.38. The fourth-order valence-corrected chi connectivity index (χ4v) is 3.59. The molecule has 1 aliphatic rings. The van der Waals surface area contributed by atoms with E-state index in [-0.39, 0.29) is 6.54 Å². The van der Waals surface area contributed by atoms with E-state index in [1.807, 2.05) is 0 Å². The number of alkyl halides is 5. The van der Waals surface area contributed by atoms with Gasteiger partial charge in [-0.2, -0.15) is 18.3 Å². The molecule has 3 heterocycles. The van der Waals surface area contributed by atoms with E-state index >= 15 is 0 Å². The molecule has 28 heavy (non-hydrogen) atoms. The number of hydrogen-bond donors (Lipinski definition) is 0. The average Bonchev–Trinajstić information content (AvgIpc) is 3.17. The van der Waals surface area contributed by atoms with E-state index in [9.17, 15) is 22.0 Å². The van der Waals surface area contributed by atoms with Gasteiger partial charge in [0.05, 0.1) is 11.6 Å². The molecule has 1 aromatic carbocycles. The lowest BCUT2D eigenvalue weighted by Gasteiger charge is -2.35. The molecular formula is C18H16F5N5. The maximum atomic E-state index is 13.2. The number of piperidine rings is 1. The van der Waals surface area contributed by atoms with Crippen LogP contribution in [0.3, 0.4) is 0 Å². The minimum absolute atomic E-state index is 0.189. The lowest BCUT2D eigenvalue weighted by atomic mass is 10.0. The van der Waals surface area contributed by atoms with Crippen molar-refractivity contribution in [2.45, 2.75) is 31.5 Å². The summed E-state index contributed by atoms with van der Waals surface area (Å²) in [7, 11) is 0. The highest BCUT2D eigenvalue weighted by molar-refractivity contribution is 5.89. The molecule has 1 saturated heterocycles. The van der Waals surface area contributed by atoms with E-state index in [1.54, 1.807) is 29.2 Å². The van der Waals surface area contributed by atoms with Gasteiger partial charge in [-0.3, -0.25) is 4.68 Å². The van der Waals surface area contributed by atoms with Crippen molar-refractivity contribution >= 4 is 16.7 Å². The smallest absolute Gasteiger partial charge is 0.354 e. The number of nitrogens with zero attached hydrogens (tertiary/aromatic N) is 5. The van der Waals surface area contributed by atoms with Crippen LogP contribution in [-0.4, -0.2) is 32.8 Å². The Bertz CT molecular complexity index is 984. The monoisotopic (exact) mass is 397 g/mol. The summed E-state index contributed by atoms with van der Waals surface area (Å²) in [6.07, 6.45) is -5.14. The van der Waals surface area contributed by atoms with Crippen molar-refractivity contribution in [3.05, 3.63) is 48.0 Å². The maximum Gasteiger partial charge on any atom is 0.433 e. The standard InChI is InChI=1S/C18H16F5N5/c19-15(20)16-25-13-6-2-1-5-12(13)17(26-16)27-9-3-4-11(10-27)28-14(7-8-24-28)18(21,22)23/h1-2,5-8,11,15H,3-4,9-10H2/t11-/m1/s1. The van der Waals surface area contributed by atoms with Gasteiger partial charge in [-0.25, -0.2) is 18.7 Å². The summed E-state index contributed by atoms with van der Waals surface area (Å²) in [4.78, 5) is 9.66. The third-order valence-corrected chi connectivity index (χ3v) is 4.80. The zero-order chi connectivity index (χ0) is 19.9. The summed E-state index contributed by atoms with van der Waals surface area (Å²) in [5.41, 5.74) is -0.444. The minimum Gasteiger partial charge on any atom is -0.354 e. The predicted molar refractivity (Wildman–Crippen MR) is 92.2 cm³/mol. The molecule has 0 unspecified atom stereocenters. The van der Waals surface area contributed by atoms with Gasteiger partial charge in [0, 0.05) is 24.7 Å². The summed E-state index contributed by atoms with van der Waals surface area (Å²) in [5.74, 6) is -0.280.